The second kappa shape index (κ2) is 3.72. The van der Waals surface area contributed by atoms with Crippen LogP contribution in [0.2, 0.25) is 0 Å². The van der Waals surface area contributed by atoms with E-state index >= 15 is 0 Å². The fourth-order valence-corrected chi connectivity index (χ4v) is 1.08. The Morgan fingerprint density at radius 2 is 2.07 bits per heavy atom. The van der Waals surface area contributed by atoms with Crippen molar-refractivity contribution in [3.63, 3.8) is 0 Å². The van der Waals surface area contributed by atoms with Gasteiger partial charge in [-0.3, -0.25) is 4.79 Å². The highest BCUT2D eigenvalue weighted by atomic mass is 16.4. The van der Waals surface area contributed by atoms with Crippen molar-refractivity contribution >= 4 is 11.9 Å². The van der Waals surface area contributed by atoms with Crippen LogP contribution in [0.5, 0.6) is 0 Å². The number of nitrogens with zero attached hydrogens (tertiary/aromatic N) is 2. The summed E-state index contributed by atoms with van der Waals surface area (Å²) in [6.07, 6.45) is 2.63. The normalized spacial score (nSPS) is 11.3. The van der Waals surface area contributed by atoms with Crippen LogP contribution in [0, 0.1) is 5.41 Å². The van der Waals surface area contributed by atoms with Crippen molar-refractivity contribution in [2.45, 2.75) is 20.4 Å². The van der Waals surface area contributed by atoms with Gasteiger partial charge in [0.05, 0.1) is 11.7 Å². The number of hydrogen-bond donors (Lipinski definition) is 2. The third-order valence-corrected chi connectivity index (χ3v) is 2.01. The average Bonchev–Trinajstić information content (AvgIpc) is 2.51. The van der Waals surface area contributed by atoms with Gasteiger partial charge in [-0.1, -0.05) is 0 Å². The maximum absolute atomic E-state index is 10.8. The number of aromatic carboxylic acids is 1. The molecule has 6 heteroatoms. The Hall–Kier alpha value is -1.85. The van der Waals surface area contributed by atoms with Gasteiger partial charge in [0.2, 0.25) is 0 Å². The highest BCUT2D eigenvalue weighted by molar-refractivity contribution is 5.84. The highest BCUT2D eigenvalue weighted by Crippen LogP contribution is 2.18. The first-order valence-electron chi connectivity index (χ1n) is 4.31. The van der Waals surface area contributed by atoms with Gasteiger partial charge in [-0.05, 0) is 13.8 Å². The van der Waals surface area contributed by atoms with E-state index in [-0.39, 0.29) is 12.2 Å². The molecular weight excluding hydrogens is 200 g/mol. The first-order chi connectivity index (χ1) is 6.83. The number of rotatable bonds is 4. The van der Waals surface area contributed by atoms with Crippen LogP contribution in [0.3, 0.4) is 0 Å². The molecular formula is C9H12N2O4. The average molecular weight is 212 g/mol. The number of hydrogen-bond acceptors (Lipinski definition) is 3. The number of aromatic nitrogens is 2. The summed E-state index contributed by atoms with van der Waals surface area (Å²) in [5, 5.41) is 17.5. The highest BCUT2D eigenvalue weighted by Gasteiger charge is 2.27. The predicted octanol–water partition coefficient (Wildman–Crippen LogP) is 0.692. The molecule has 82 valence electrons. The molecule has 1 aromatic heterocycles. The van der Waals surface area contributed by atoms with E-state index in [9.17, 15) is 9.59 Å². The predicted molar refractivity (Wildman–Crippen MR) is 50.6 cm³/mol. The number of carboxylic acids is 2. The van der Waals surface area contributed by atoms with E-state index in [1.807, 2.05) is 0 Å². The van der Waals surface area contributed by atoms with Crippen molar-refractivity contribution < 1.29 is 19.8 Å². The quantitative estimate of drug-likeness (QED) is 0.766. The van der Waals surface area contributed by atoms with Crippen LogP contribution >= 0.6 is 0 Å². The molecule has 0 bridgehead atoms. The Balaban J connectivity index is 2.82. The first kappa shape index (κ1) is 11.2. The Morgan fingerprint density at radius 3 is 2.47 bits per heavy atom. The summed E-state index contributed by atoms with van der Waals surface area (Å²) in [7, 11) is 0. The van der Waals surface area contributed by atoms with Gasteiger partial charge in [0.15, 0.2) is 5.69 Å². The van der Waals surface area contributed by atoms with Crippen molar-refractivity contribution in [3.8, 4) is 0 Å². The summed E-state index contributed by atoms with van der Waals surface area (Å²) < 4.78 is 1.46. The van der Waals surface area contributed by atoms with Crippen LogP contribution in [0.1, 0.15) is 24.3 Å². The molecule has 1 heterocycles. The Bertz CT molecular complexity index is 395. The van der Waals surface area contributed by atoms with E-state index in [1.165, 1.54) is 17.1 Å². The molecule has 0 aliphatic rings. The van der Waals surface area contributed by atoms with E-state index in [2.05, 4.69) is 4.98 Å². The minimum absolute atomic E-state index is 0.0869. The number of aliphatic carboxylic acids is 1. The molecule has 6 nitrogen and oxygen atoms in total. The molecule has 0 radical (unpaired) electrons. The van der Waals surface area contributed by atoms with Gasteiger partial charge in [0.25, 0.3) is 0 Å². The van der Waals surface area contributed by atoms with Crippen molar-refractivity contribution in [3.05, 3.63) is 18.2 Å². The van der Waals surface area contributed by atoms with Crippen LogP contribution < -0.4 is 0 Å². The zero-order chi connectivity index (χ0) is 11.6. The van der Waals surface area contributed by atoms with Crippen molar-refractivity contribution in [1.82, 2.24) is 9.55 Å². The van der Waals surface area contributed by atoms with Crippen LogP contribution in [0.4, 0.5) is 0 Å². The maximum atomic E-state index is 10.8. The summed E-state index contributed by atoms with van der Waals surface area (Å²) in [5.41, 5.74) is -1.03. The second-order valence-corrected chi connectivity index (χ2v) is 3.93. The maximum Gasteiger partial charge on any atom is 0.356 e. The summed E-state index contributed by atoms with van der Waals surface area (Å²) in [6.45, 7) is 3.31. The lowest BCUT2D eigenvalue weighted by atomic mass is 9.94. The van der Waals surface area contributed by atoms with Crippen LogP contribution in [0.15, 0.2) is 12.5 Å². The molecule has 0 fully saturated rings. The van der Waals surface area contributed by atoms with Gasteiger partial charge >= 0.3 is 11.9 Å². The monoisotopic (exact) mass is 212 g/mol. The van der Waals surface area contributed by atoms with E-state index < -0.39 is 17.4 Å². The minimum Gasteiger partial charge on any atom is -0.481 e. The van der Waals surface area contributed by atoms with E-state index in [1.54, 1.807) is 13.8 Å². The summed E-state index contributed by atoms with van der Waals surface area (Å²) in [6, 6.07) is 0. The summed E-state index contributed by atoms with van der Waals surface area (Å²) in [4.78, 5) is 25.0. The van der Waals surface area contributed by atoms with Crippen LogP contribution in [0.25, 0.3) is 0 Å². The molecule has 1 aromatic rings. The van der Waals surface area contributed by atoms with Gasteiger partial charge in [0, 0.05) is 12.7 Å². The van der Waals surface area contributed by atoms with Gasteiger partial charge < -0.3 is 14.8 Å². The summed E-state index contributed by atoms with van der Waals surface area (Å²) >= 11 is 0. The van der Waals surface area contributed by atoms with Gasteiger partial charge in [0.1, 0.15) is 0 Å². The standard InChI is InChI=1S/C9H12N2O4/c1-9(2,8(14)15)4-11-3-6(7(12)13)10-5-11/h3,5H,4H2,1-2H3,(H,12,13)(H,14,15). The molecule has 0 spiro atoms. The molecule has 0 amide bonds. The molecule has 0 saturated heterocycles. The van der Waals surface area contributed by atoms with Gasteiger partial charge in [-0.2, -0.15) is 0 Å². The molecule has 0 aromatic carbocycles. The molecule has 0 aliphatic heterocycles. The fourth-order valence-electron chi connectivity index (χ4n) is 1.08. The molecule has 0 aliphatic carbocycles. The third-order valence-electron chi connectivity index (χ3n) is 2.01. The molecule has 1 rings (SSSR count). The number of imidazole rings is 1. The van der Waals surface area contributed by atoms with Gasteiger partial charge in [-0.25, -0.2) is 9.78 Å². The summed E-state index contributed by atoms with van der Waals surface area (Å²) in [5.74, 6) is -2.06. The lowest BCUT2D eigenvalue weighted by molar-refractivity contribution is -0.147. The Kier molecular flexibility index (Phi) is 2.78. The zero-order valence-corrected chi connectivity index (χ0v) is 8.47. The topological polar surface area (TPSA) is 92.4 Å². The second-order valence-electron chi connectivity index (χ2n) is 3.93. The molecule has 0 atom stereocenters. The minimum atomic E-state index is -1.12. The van der Waals surface area contributed by atoms with E-state index in [0.717, 1.165) is 0 Å². The molecule has 0 unspecified atom stereocenters. The first-order valence-corrected chi connectivity index (χ1v) is 4.31. The molecule has 15 heavy (non-hydrogen) atoms. The smallest absolute Gasteiger partial charge is 0.356 e. The fraction of sp³-hybridized carbons (Fsp3) is 0.444. The van der Waals surface area contributed by atoms with E-state index in [0.29, 0.717) is 0 Å². The van der Waals surface area contributed by atoms with E-state index in [4.69, 9.17) is 10.2 Å². The lowest BCUT2D eigenvalue weighted by Gasteiger charge is -2.18. The van der Waals surface area contributed by atoms with Crippen LogP contribution in [-0.2, 0) is 11.3 Å². The third kappa shape index (κ3) is 2.55. The zero-order valence-electron chi connectivity index (χ0n) is 8.47. The largest absolute Gasteiger partial charge is 0.481 e. The molecule has 2 N–H and O–H groups in total. The number of carbonyl (C=O) groups is 2. The Labute approximate surface area is 86.2 Å². The van der Waals surface area contributed by atoms with Gasteiger partial charge in [-0.15, -0.1) is 0 Å². The Morgan fingerprint density at radius 1 is 1.47 bits per heavy atom. The number of carboxylic acid groups (broad SMARTS) is 2. The molecule has 0 saturated carbocycles. The van der Waals surface area contributed by atoms with Crippen molar-refractivity contribution in [2.24, 2.45) is 5.41 Å². The van der Waals surface area contributed by atoms with Crippen molar-refractivity contribution in [1.29, 1.82) is 0 Å². The SMILES string of the molecule is CC(C)(Cn1cnc(C(=O)O)c1)C(=O)O. The lowest BCUT2D eigenvalue weighted by Crippen LogP contribution is -2.28. The van der Waals surface area contributed by atoms with Crippen molar-refractivity contribution in [2.75, 3.05) is 0 Å². The van der Waals surface area contributed by atoms with Crippen LogP contribution in [-0.4, -0.2) is 31.7 Å².